The van der Waals surface area contributed by atoms with Crippen LogP contribution in [0.5, 0.6) is 0 Å². The summed E-state index contributed by atoms with van der Waals surface area (Å²) in [4.78, 5) is 0. The maximum Gasteiger partial charge on any atom is 0.0175 e. The molecule has 1 aliphatic carbocycles. The number of halogens is 1. The second-order valence-electron chi connectivity index (χ2n) is 5.98. The van der Waals surface area contributed by atoms with Gasteiger partial charge in [-0.3, -0.25) is 0 Å². The molecular formula is C16H24BrN. The van der Waals surface area contributed by atoms with Crippen molar-refractivity contribution in [2.24, 2.45) is 11.8 Å². The molecule has 0 radical (unpaired) electrons. The number of benzene rings is 1. The molecule has 1 nitrogen and oxygen atoms in total. The number of hydrogen-bond donors (Lipinski definition) is 1. The van der Waals surface area contributed by atoms with E-state index in [-0.39, 0.29) is 0 Å². The van der Waals surface area contributed by atoms with E-state index in [0.29, 0.717) is 5.41 Å². The van der Waals surface area contributed by atoms with Crippen LogP contribution in [0.25, 0.3) is 0 Å². The predicted molar refractivity (Wildman–Crippen MR) is 81.9 cm³/mol. The monoisotopic (exact) mass is 309 g/mol. The van der Waals surface area contributed by atoms with Crippen molar-refractivity contribution >= 4 is 15.9 Å². The molecule has 0 saturated heterocycles. The van der Waals surface area contributed by atoms with Gasteiger partial charge in [-0.2, -0.15) is 0 Å². The van der Waals surface area contributed by atoms with E-state index in [0.717, 1.165) is 24.9 Å². The van der Waals surface area contributed by atoms with E-state index in [9.17, 15) is 0 Å². The Kier molecular flexibility index (Phi) is 4.50. The lowest BCUT2D eigenvalue weighted by Crippen LogP contribution is -2.50. The lowest BCUT2D eigenvalue weighted by molar-refractivity contribution is 0.0982. The fourth-order valence-electron chi connectivity index (χ4n) is 3.07. The predicted octanol–water partition coefficient (Wildman–Crippen LogP) is 4.36. The molecule has 0 atom stereocenters. The minimum atomic E-state index is 0.381. The van der Waals surface area contributed by atoms with Crippen LogP contribution in [0.15, 0.2) is 28.7 Å². The molecule has 1 N–H and O–H groups in total. The van der Waals surface area contributed by atoms with Crippen molar-refractivity contribution in [3.63, 3.8) is 0 Å². The summed E-state index contributed by atoms with van der Waals surface area (Å²) in [6.45, 7) is 9.07. The lowest BCUT2D eigenvalue weighted by atomic mass is 9.56. The molecule has 100 valence electrons. The van der Waals surface area contributed by atoms with E-state index >= 15 is 0 Å². The number of nitrogens with one attached hydrogen (secondary N) is 1. The molecule has 1 fully saturated rings. The Hall–Kier alpha value is -0.340. The van der Waals surface area contributed by atoms with Gasteiger partial charge in [-0.1, -0.05) is 48.8 Å². The zero-order valence-corrected chi connectivity index (χ0v) is 13.3. The molecule has 18 heavy (non-hydrogen) atoms. The largest absolute Gasteiger partial charge is 0.316 e. The zero-order valence-electron chi connectivity index (χ0n) is 11.7. The second-order valence-corrected chi connectivity index (χ2v) is 6.90. The molecule has 0 spiro atoms. The maximum atomic E-state index is 3.55. The quantitative estimate of drug-likeness (QED) is 0.852. The molecule has 0 aliphatic heterocycles. The summed E-state index contributed by atoms with van der Waals surface area (Å²) < 4.78 is 1.17. The minimum Gasteiger partial charge on any atom is -0.316 e. The van der Waals surface area contributed by atoms with Crippen molar-refractivity contribution in [1.82, 2.24) is 5.32 Å². The fraction of sp³-hybridized carbons (Fsp3) is 0.625. The van der Waals surface area contributed by atoms with E-state index in [4.69, 9.17) is 0 Å². The van der Waals surface area contributed by atoms with Crippen LogP contribution in [0.4, 0.5) is 0 Å². The first-order valence-electron chi connectivity index (χ1n) is 7.04. The van der Waals surface area contributed by atoms with Crippen LogP contribution in [-0.4, -0.2) is 13.1 Å². The Morgan fingerprint density at radius 1 is 1.28 bits per heavy atom. The first-order chi connectivity index (χ1) is 8.57. The first kappa shape index (κ1) is 14.1. The Labute approximate surface area is 119 Å². The van der Waals surface area contributed by atoms with Gasteiger partial charge in [-0.05, 0) is 48.9 Å². The molecule has 1 saturated carbocycles. The number of rotatable bonds is 5. The smallest absolute Gasteiger partial charge is 0.0175 e. The molecule has 1 aromatic rings. The zero-order chi connectivity index (χ0) is 13.2. The average Bonchev–Trinajstić information content (AvgIpc) is 2.29. The third-order valence-electron chi connectivity index (χ3n) is 4.42. The van der Waals surface area contributed by atoms with Gasteiger partial charge in [0.05, 0.1) is 0 Å². The second kappa shape index (κ2) is 5.75. The highest BCUT2D eigenvalue weighted by Gasteiger charge is 2.45. The van der Waals surface area contributed by atoms with Crippen molar-refractivity contribution in [2.45, 2.75) is 39.0 Å². The van der Waals surface area contributed by atoms with Crippen molar-refractivity contribution in [2.75, 3.05) is 13.1 Å². The van der Waals surface area contributed by atoms with E-state index < -0.39 is 0 Å². The van der Waals surface area contributed by atoms with Gasteiger partial charge >= 0.3 is 0 Å². The van der Waals surface area contributed by atoms with E-state index in [2.05, 4.69) is 66.3 Å². The summed E-state index contributed by atoms with van der Waals surface area (Å²) in [6.07, 6.45) is 2.67. The Bertz CT molecular complexity index is 377. The van der Waals surface area contributed by atoms with E-state index in [1.807, 2.05) is 0 Å². The molecular weight excluding hydrogens is 286 g/mol. The Morgan fingerprint density at radius 2 is 1.89 bits per heavy atom. The summed E-state index contributed by atoms with van der Waals surface area (Å²) in [5.41, 5.74) is 1.88. The third-order valence-corrected chi connectivity index (χ3v) is 4.95. The highest BCUT2D eigenvalue weighted by atomic mass is 79.9. The van der Waals surface area contributed by atoms with Gasteiger partial charge in [-0.25, -0.2) is 0 Å². The topological polar surface area (TPSA) is 12.0 Å². The van der Waals surface area contributed by atoms with Crippen molar-refractivity contribution in [3.8, 4) is 0 Å². The minimum absolute atomic E-state index is 0.381. The molecule has 0 heterocycles. The van der Waals surface area contributed by atoms with Crippen LogP contribution in [0.1, 0.15) is 39.2 Å². The standard InChI is InChI=1S/C16H24BrN/c1-4-18-11-16(9-13(10-16)12(2)3)14-5-7-15(17)8-6-14/h5-8,12-13,18H,4,9-11H2,1-3H3. The molecule has 0 unspecified atom stereocenters. The van der Waals surface area contributed by atoms with E-state index in [1.165, 1.54) is 22.9 Å². The summed E-state index contributed by atoms with van der Waals surface area (Å²) in [6, 6.07) is 8.92. The van der Waals surface area contributed by atoms with Crippen LogP contribution in [0.2, 0.25) is 0 Å². The summed E-state index contributed by atoms with van der Waals surface area (Å²) in [5, 5.41) is 3.55. The maximum absolute atomic E-state index is 3.55. The van der Waals surface area contributed by atoms with Crippen LogP contribution < -0.4 is 5.32 Å². The Balaban J connectivity index is 2.14. The molecule has 0 bridgehead atoms. The molecule has 1 aliphatic rings. The number of likely N-dealkylation sites (N-methyl/N-ethyl adjacent to an activating group) is 1. The van der Waals surface area contributed by atoms with Gasteiger partial charge < -0.3 is 5.32 Å². The van der Waals surface area contributed by atoms with Gasteiger partial charge in [0.1, 0.15) is 0 Å². The number of hydrogen-bond acceptors (Lipinski definition) is 1. The van der Waals surface area contributed by atoms with E-state index in [1.54, 1.807) is 0 Å². The molecule has 2 heteroatoms. The summed E-state index contributed by atoms with van der Waals surface area (Å²) >= 11 is 3.52. The van der Waals surface area contributed by atoms with Crippen molar-refractivity contribution in [3.05, 3.63) is 34.3 Å². The highest BCUT2D eigenvalue weighted by Crippen LogP contribution is 2.50. The van der Waals surface area contributed by atoms with Gasteiger partial charge in [-0.15, -0.1) is 0 Å². The molecule has 1 aromatic carbocycles. The van der Waals surface area contributed by atoms with Crippen LogP contribution in [0.3, 0.4) is 0 Å². The Morgan fingerprint density at radius 3 is 2.39 bits per heavy atom. The molecule has 0 aromatic heterocycles. The molecule has 2 rings (SSSR count). The average molecular weight is 310 g/mol. The fourth-order valence-corrected chi connectivity index (χ4v) is 3.33. The first-order valence-corrected chi connectivity index (χ1v) is 7.83. The van der Waals surface area contributed by atoms with Gasteiger partial charge in [0.2, 0.25) is 0 Å². The molecule has 0 amide bonds. The van der Waals surface area contributed by atoms with Crippen LogP contribution in [0, 0.1) is 11.8 Å². The van der Waals surface area contributed by atoms with Crippen molar-refractivity contribution in [1.29, 1.82) is 0 Å². The lowest BCUT2D eigenvalue weighted by Gasteiger charge is -2.50. The summed E-state index contributed by atoms with van der Waals surface area (Å²) in [5.74, 6) is 1.71. The SMILES string of the molecule is CCNCC1(c2ccc(Br)cc2)CC(C(C)C)C1. The van der Waals surface area contributed by atoms with Gasteiger partial charge in [0.15, 0.2) is 0 Å². The van der Waals surface area contributed by atoms with Gasteiger partial charge in [0.25, 0.3) is 0 Å². The van der Waals surface area contributed by atoms with Crippen molar-refractivity contribution < 1.29 is 0 Å². The summed E-state index contributed by atoms with van der Waals surface area (Å²) in [7, 11) is 0. The van der Waals surface area contributed by atoms with Gasteiger partial charge in [0, 0.05) is 16.4 Å². The third kappa shape index (κ3) is 2.80. The normalized spacial score (nSPS) is 27.3. The van der Waals surface area contributed by atoms with Crippen LogP contribution >= 0.6 is 15.9 Å². The highest BCUT2D eigenvalue weighted by molar-refractivity contribution is 9.10. The van der Waals surface area contributed by atoms with Crippen LogP contribution in [-0.2, 0) is 5.41 Å².